The summed E-state index contributed by atoms with van der Waals surface area (Å²) in [5, 5.41) is 3.34. The minimum atomic E-state index is -3.87. The van der Waals surface area contributed by atoms with Gasteiger partial charge in [-0.3, -0.25) is 13.9 Å². The predicted octanol–water partition coefficient (Wildman–Crippen LogP) is 4.49. The summed E-state index contributed by atoms with van der Waals surface area (Å²) in [6.07, 6.45) is 2.07. The van der Waals surface area contributed by atoms with E-state index in [1.54, 1.807) is 25.1 Å². The molecule has 2 aromatic carbocycles. The zero-order valence-electron chi connectivity index (χ0n) is 21.1. The van der Waals surface area contributed by atoms with Gasteiger partial charge in [-0.15, -0.1) is 0 Å². The van der Waals surface area contributed by atoms with Crippen LogP contribution in [0, 0.1) is 0 Å². The zero-order valence-corrected chi connectivity index (χ0v) is 23.5. The van der Waals surface area contributed by atoms with E-state index >= 15 is 0 Å². The Balaban J connectivity index is 2.47. The third-order valence-electron chi connectivity index (χ3n) is 5.74. The van der Waals surface area contributed by atoms with Crippen LogP contribution in [0.15, 0.2) is 42.5 Å². The molecule has 0 saturated carbocycles. The Morgan fingerprint density at radius 1 is 1.06 bits per heavy atom. The second-order valence-electron chi connectivity index (χ2n) is 8.48. The van der Waals surface area contributed by atoms with Crippen molar-refractivity contribution < 1.29 is 22.7 Å². The molecule has 0 heterocycles. The number of nitrogens with one attached hydrogen (secondary N) is 1. The summed E-state index contributed by atoms with van der Waals surface area (Å²) in [6.45, 7) is 5.20. The molecular formula is C25H33Cl2N3O5S. The van der Waals surface area contributed by atoms with E-state index in [9.17, 15) is 18.0 Å². The molecule has 0 aromatic heterocycles. The summed E-state index contributed by atoms with van der Waals surface area (Å²) in [6, 6.07) is 10.6. The van der Waals surface area contributed by atoms with Gasteiger partial charge in [0.05, 0.1) is 29.1 Å². The molecule has 1 N–H and O–H groups in total. The molecule has 0 radical (unpaired) electrons. The Morgan fingerprint density at radius 3 is 2.31 bits per heavy atom. The smallest absolute Gasteiger partial charge is 0.244 e. The number of nitrogens with zero attached hydrogens (tertiary/aromatic N) is 2. The second-order valence-corrected chi connectivity index (χ2v) is 11.2. The highest BCUT2D eigenvalue weighted by atomic mass is 35.5. The maximum absolute atomic E-state index is 13.7. The van der Waals surface area contributed by atoms with E-state index in [0.29, 0.717) is 12.2 Å². The lowest BCUT2D eigenvalue weighted by atomic mass is 10.1. The Labute approximate surface area is 223 Å². The van der Waals surface area contributed by atoms with Crippen LogP contribution in [-0.4, -0.2) is 57.1 Å². The number of halogens is 2. The van der Waals surface area contributed by atoms with Gasteiger partial charge in [0.25, 0.3) is 0 Å². The van der Waals surface area contributed by atoms with E-state index in [1.807, 2.05) is 19.9 Å². The molecule has 0 aliphatic carbocycles. The number of hydrogen-bond acceptors (Lipinski definition) is 5. The number of amides is 2. The number of anilines is 1. The van der Waals surface area contributed by atoms with Crippen LogP contribution in [0.1, 0.15) is 39.2 Å². The van der Waals surface area contributed by atoms with Gasteiger partial charge in [-0.25, -0.2) is 8.42 Å². The number of ether oxygens (including phenoxy) is 1. The van der Waals surface area contributed by atoms with Crippen LogP contribution in [0.4, 0.5) is 5.69 Å². The lowest BCUT2D eigenvalue weighted by Gasteiger charge is -2.33. The summed E-state index contributed by atoms with van der Waals surface area (Å²) in [7, 11) is -2.33. The first-order valence-electron chi connectivity index (χ1n) is 11.6. The van der Waals surface area contributed by atoms with Crippen molar-refractivity contribution >= 4 is 50.7 Å². The molecule has 0 fully saturated rings. The number of rotatable bonds is 12. The number of carbonyl (C=O) groups is 2. The average Bonchev–Trinajstić information content (AvgIpc) is 2.83. The fourth-order valence-electron chi connectivity index (χ4n) is 3.58. The van der Waals surface area contributed by atoms with Gasteiger partial charge in [0, 0.05) is 12.6 Å². The molecular weight excluding hydrogens is 525 g/mol. The first-order chi connectivity index (χ1) is 16.9. The summed E-state index contributed by atoms with van der Waals surface area (Å²) in [4.78, 5) is 28.2. The predicted molar refractivity (Wildman–Crippen MR) is 144 cm³/mol. The monoisotopic (exact) mass is 557 g/mol. The van der Waals surface area contributed by atoms with Crippen LogP contribution in [-0.2, 0) is 26.2 Å². The number of sulfonamides is 1. The normalized spacial score (nSPS) is 13.0. The maximum atomic E-state index is 13.7. The fourth-order valence-corrected chi connectivity index (χ4v) is 4.72. The van der Waals surface area contributed by atoms with E-state index in [4.69, 9.17) is 27.9 Å². The molecule has 198 valence electrons. The van der Waals surface area contributed by atoms with E-state index in [-0.39, 0.29) is 34.2 Å². The van der Waals surface area contributed by atoms with Crippen molar-refractivity contribution in [3.63, 3.8) is 0 Å². The van der Waals surface area contributed by atoms with E-state index < -0.39 is 28.5 Å². The fraction of sp³-hybridized carbons (Fsp3) is 0.440. The Kier molecular flexibility index (Phi) is 10.9. The van der Waals surface area contributed by atoms with Gasteiger partial charge in [0.2, 0.25) is 21.8 Å². The molecule has 2 rings (SSSR count). The third kappa shape index (κ3) is 8.01. The molecule has 0 spiro atoms. The molecule has 2 atom stereocenters. The average molecular weight is 559 g/mol. The van der Waals surface area contributed by atoms with Gasteiger partial charge >= 0.3 is 0 Å². The van der Waals surface area contributed by atoms with E-state index in [1.165, 1.54) is 30.2 Å². The molecule has 0 aliphatic rings. The highest BCUT2D eigenvalue weighted by Crippen LogP contribution is 2.29. The minimum Gasteiger partial charge on any atom is -0.497 e. The van der Waals surface area contributed by atoms with Gasteiger partial charge in [-0.05, 0) is 55.7 Å². The van der Waals surface area contributed by atoms with Crippen LogP contribution in [0.5, 0.6) is 5.75 Å². The Morgan fingerprint density at radius 2 is 1.75 bits per heavy atom. The van der Waals surface area contributed by atoms with Crippen molar-refractivity contribution in [2.45, 2.75) is 52.2 Å². The molecule has 11 heteroatoms. The van der Waals surface area contributed by atoms with E-state index in [2.05, 4.69) is 5.32 Å². The summed E-state index contributed by atoms with van der Waals surface area (Å²) in [5.74, 6) is -0.241. The first kappa shape index (κ1) is 29.7. The quantitative estimate of drug-likeness (QED) is 0.414. The highest BCUT2D eigenvalue weighted by molar-refractivity contribution is 7.92. The van der Waals surface area contributed by atoms with Gasteiger partial charge in [0.1, 0.15) is 18.3 Å². The number of methoxy groups -OCH3 is 1. The second kappa shape index (κ2) is 13.2. The minimum absolute atomic E-state index is 0.0796. The molecule has 2 unspecified atom stereocenters. The molecule has 2 amide bonds. The van der Waals surface area contributed by atoms with Crippen LogP contribution < -0.4 is 14.4 Å². The molecule has 0 bridgehead atoms. The van der Waals surface area contributed by atoms with Crippen LogP contribution in [0.25, 0.3) is 0 Å². The zero-order chi connectivity index (χ0) is 27.0. The van der Waals surface area contributed by atoms with Crippen LogP contribution >= 0.6 is 23.2 Å². The van der Waals surface area contributed by atoms with Crippen molar-refractivity contribution in [2.24, 2.45) is 0 Å². The molecule has 0 aliphatic heterocycles. The van der Waals surface area contributed by atoms with Crippen molar-refractivity contribution in [3.8, 4) is 5.75 Å². The molecule has 8 nitrogen and oxygen atoms in total. The summed E-state index contributed by atoms with van der Waals surface area (Å²) < 4.78 is 31.6. The first-order valence-corrected chi connectivity index (χ1v) is 14.2. The van der Waals surface area contributed by atoms with Crippen molar-refractivity contribution in [1.82, 2.24) is 10.2 Å². The van der Waals surface area contributed by atoms with Gasteiger partial charge in [-0.2, -0.15) is 0 Å². The lowest BCUT2D eigenvalue weighted by molar-refractivity contribution is -0.140. The number of carbonyl (C=O) groups excluding carboxylic acids is 2. The molecule has 36 heavy (non-hydrogen) atoms. The maximum Gasteiger partial charge on any atom is 0.244 e. The van der Waals surface area contributed by atoms with Gasteiger partial charge in [-0.1, -0.05) is 49.2 Å². The molecule has 2 aromatic rings. The lowest BCUT2D eigenvalue weighted by Crippen LogP contribution is -2.53. The highest BCUT2D eigenvalue weighted by Gasteiger charge is 2.32. The largest absolute Gasteiger partial charge is 0.497 e. The number of benzene rings is 2. The Bertz CT molecular complexity index is 1180. The Hall–Kier alpha value is -2.49. The van der Waals surface area contributed by atoms with E-state index in [0.717, 1.165) is 22.5 Å². The van der Waals surface area contributed by atoms with Crippen LogP contribution in [0.2, 0.25) is 10.0 Å². The topological polar surface area (TPSA) is 96.0 Å². The third-order valence-corrected chi connectivity index (χ3v) is 7.62. The molecule has 0 saturated heterocycles. The van der Waals surface area contributed by atoms with Crippen molar-refractivity contribution in [3.05, 3.63) is 58.1 Å². The van der Waals surface area contributed by atoms with Crippen molar-refractivity contribution in [1.29, 1.82) is 0 Å². The van der Waals surface area contributed by atoms with Crippen molar-refractivity contribution in [2.75, 3.05) is 24.2 Å². The summed E-state index contributed by atoms with van der Waals surface area (Å²) in [5.41, 5.74) is 0.927. The SMILES string of the molecule is CCC(C)NC(=O)C(CC)N(Cc1cccc(OC)c1)C(=O)CN(c1ccc(Cl)c(Cl)c1)S(C)(=O)=O. The van der Waals surface area contributed by atoms with Gasteiger partial charge < -0.3 is 15.0 Å². The standard InChI is InChI=1S/C25H33Cl2N3O5S/c1-6-17(3)28-25(32)23(7-2)29(15-18-9-8-10-20(13-18)35-4)24(31)16-30(36(5,33)34)19-11-12-21(26)22(27)14-19/h8-14,17,23H,6-7,15-16H2,1-5H3,(H,28,32). The summed E-state index contributed by atoms with van der Waals surface area (Å²) >= 11 is 12.1. The van der Waals surface area contributed by atoms with Gasteiger partial charge in [0.15, 0.2) is 0 Å². The van der Waals surface area contributed by atoms with Crippen LogP contribution in [0.3, 0.4) is 0 Å². The number of hydrogen-bond donors (Lipinski definition) is 1.